The lowest BCUT2D eigenvalue weighted by atomic mass is 9.97. The topological polar surface area (TPSA) is 88.3 Å². The van der Waals surface area contributed by atoms with E-state index >= 15 is 0 Å². The third-order valence-electron chi connectivity index (χ3n) is 6.71. The van der Waals surface area contributed by atoms with Gasteiger partial charge in [0, 0.05) is 46.4 Å². The molecule has 0 bridgehead atoms. The van der Waals surface area contributed by atoms with Crippen molar-refractivity contribution >= 4 is 45.6 Å². The first-order chi connectivity index (χ1) is 16.3. The van der Waals surface area contributed by atoms with Gasteiger partial charge in [-0.05, 0) is 68.3 Å². The molecule has 0 spiro atoms. The van der Waals surface area contributed by atoms with E-state index in [1.807, 2.05) is 24.3 Å². The molecule has 3 aromatic rings. The molecule has 34 heavy (non-hydrogen) atoms. The minimum atomic E-state index is -0.0915. The number of rotatable bonds is 7. The Kier molecular flexibility index (Phi) is 7.49. The highest BCUT2D eigenvalue weighted by Crippen LogP contribution is 2.25. The Balaban J connectivity index is 1.40. The average molecular weight is 479 g/mol. The van der Waals surface area contributed by atoms with Gasteiger partial charge in [0.15, 0.2) is 5.78 Å². The van der Waals surface area contributed by atoms with E-state index in [0.717, 1.165) is 29.2 Å². The molecule has 2 aromatic carbocycles. The fourth-order valence-electron chi connectivity index (χ4n) is 4.78. The zero-order chi connectivity index (χ0) is 24.2. The second-order valence-electron chi connectivity index (χ2n) is 9.25. The molecule has 0 unspecified atom stereocenters. The Hall–Kier alpha value is -2.96. The number of carbonyl (C=O) groups excluding carboxylic acids is 2. The molecule has 1 aliphatic heterocycles. The molecule has 1 amide bonds. The summed E-state index contributed by atoms with van der Waals surface area (Å²) in [6.07, 6.45) is 6.02. The number of halogens is 1. The highest BCUT2D eigenvalue weighted by atomic mass is 35.5. The maximum Gasteiger partial charge on any atom is 0.238 e. The van der Waals surface area contributed by atoms with E-state index < -0.39 is 0 Å². The number of carbonyl (C=O) groups is 2. The lowest BCUT2D eigenvalue weighted by molar-refractivity contribution is -0.118. The van der Waals surface area contributed by atoms with Gasteiger partial charge >= 0.3 is 0 Å². The van der Waals surface area contributed by atoms with E-state index in [9.17, 15) is 9.59 Å². The fraction of sp³-hybridized carbons (Fsp3) is 0.370. The molecule has 0 aliphatic carbocycles. The number of hydrogen-bond donors (Lipinski definition) is 2. The number of nitrogens with two attached hydrogens (primary N) is 1. The average Bonchev–Trinajstić information content (AvgIpc) is 2.79. The molecular formula is C27H31ClN4O2. The van der Waals surface area contributed by atoms with E-state index in [4.69, 9.17) is 17.3 Å². The van der Waals surface area contributed by atoms with Crippen molar-refractivity contribution in [3.63, 3.8) is 0 Å². The quantitative estimate of drug-likeness (QED) is 0.438. The van der Waals surface area contributed by atoms with E-state index in [-0.39, 0.29) is 11.7 Å². The van der Waals surface area contributed by atoms with Gasteiger partial charge in [-0.3, -0.25) is 14.5 Å². The zero-order valence-electron chi connectivity index (χ0n) is 19.7. The van der Waals surface area contributed by atoms with Crippen molar-refractivity contribution in [2.45, 2.75) is 58.0 Å². The molecule has 0 radical (unpaired) electrons. The molecule has 1 saturated heterocycles. The number of Topliss-reactive ketones (excluding diaryl/α,β-unsaturated/α-hetero) is 1. The van der Waals surface area contributed by atoms with Crippen molar-refractivity contribution in [2.24, 2.45) is 0 Å². The highest BCUT2D eigenvalue weighted by molar-refractivity contribution is 6.31. The number of nitrogen functional groups attached to an aromatic ring is 1. The fourth-order valence-corrected chi connectivity index (χ4v) is 5.02. The van der Waals surface area contributed by atoms with Crippen LogP contribution in [-0.4, -0.2) is 40.2 Å². The third kappa shape index (κ3) is 5.75. The lowest BCUT2D eigenvalue weighted by Crippen LogP contribution is -2.47. The number of benzene rings is 2. The number of ketones is 1. The molecule has 6 nitrogen and oxygen atoms in total. The summed E-state index contributed by atoms with van der Waals surface area (Å²) in [7, 11) is 0. The Bertz CT molecular complexity index is 1200. The van der Waals surface area contributed by atoms with Crippen molar-refractivity contribution in [2.75, 3.05) is 17.6 Å². The maximum absolute atomic E-state index is 12.9. The van der Waals surface area contributed by atoms with Gasteiger partial charge in [-0.2, -0.15) is 0 Å². The van der Waals surface area contributed by atoms with Crippen LogP contribution >= 0.6 is 11.6 Å². The molecule has 178 valence electrons. The van der Waals surface area contributed by atoms with Crippen LogP contribution in [0, 0.1) is 0 Å². The number of fused-ring (bicyclic) bond motifs is 1. The van der Waals surface area contributed by atoms with Crippen molar-refractivity contribution < 1.29 is 9.59 Å². The largest absolute Gasteiger partial charge is 0.383 e. The molecule has 2 atom stereocenters. The lowest BCUT2D eigenvalue weighted by Gasteiger charge is -2.38. The number of pyridine rings is 1. The molecule has 1 aromatic heterocycles. The summed E-state index contributed by atoms with van der Waals surface area (Å²) in [5, 5.41) is 5.26. The first-order valence-electron chi connectivity index (χ1n) is 11.8. The number of amides is 1. The van der Waals surface area contributed by atoms with Crippen molar-refractivity contribution in [1.82, 2.24) is 9.88 Å². The number of aryl methyl sites for hydroxylation is 1. The monoisotopic (exact) mass is 478 g/mol. The number of piperidine rings is 1. The minimum absolute atomic E-state index is 0.0226. The van der Waals surface area contributed by atoms with Crippen molar-refractivity contribution in [3.8, 4) is 0 Å². The zero-order valence-corrected chi connectivity index (χ0v) is 20.4. The second-order valence-corrected chi connectivity index (χ2v) is 9.69. The molecule has 1 fully saturated rings. The first kappa shape index (κ1) is 24.2. The molecular weight excluding hydrogens is 448 g/mol. The van der Waals surface area contributed by atoms with Gasteiger partial charge in [0.1, 0.15) is 5.82 Å². The normalized spacial score (nSPS) is 18.7. The predicted molar refractivity (Wildman–Crippen MR) is 138 cm³/mol. The van der Waals surface area contributed by atoms with Crippen molar-refractivity contribution in [1.29, 1.82) is 0 Å². The molecule has 7 heteroatoms. The Labute approximate surface area is 205 Å². The van der Waals surface area contributed by atoms with Crippen LogP contribution in [-0.2, 0) is 11.2 Å². The number of nitrogens with one attached hydrogen (secondary N) is 1. The smallest absolute Gasteiger partial charge is 0.238 e. The summed E-state index contributed by atoms with van der Waals surface area (Å²) in [5.74, 6) is 0.384. The minimum Gasteiger partial charge on any atom is -0.383 e. The summed E-state index contributed by atoms with van der Waals surface area (Å²) in [4.78, 5) is 32.0. The summed E-state index contributed by atoms with van der Waals surface area (Å²) < 4.78 is 0. The van der Waals surface area contributed by atoms with Gasteiger partial charge in [0.05, 0.1) is 6.54 Å². The molecule has 1 aliphatic rings. The van der Waals surface area contributed by atoms with E-state index in [0.29, 0.717) is 53.6 Å². The molecule has 0 saturated carbocycles. The third-order valence-corrected chi connectivity index (χ3v) is 6.92. The van der Waals surface area contributed by atoms with Crippen LogP contribution < -0.4 is 11.1 Å². The van der Waals surface area contributed by atoms with Crippen LogP contribution in [0.1, 0.15) is 55.5 Å². The number of likely N-dealkylation sites (tertiary alicyclic amines) is 1. The summed E-state index contributed by atoms with van der Waals surface area (Å²) >= 11 is 6.28. The van der Waals surface area contributed by atoms with Gasteiger partial charge in [-0.1, -0.05) is 36.2 Å². The Morgan fingerprint density at radius 3 is 2.65 bits per heavy atom. The van der Waals surface area contributed by atoms with Crippen molar-refractivity contribution in [3.05, 3.63) is 64.8 Å². The van der Waals surface area contributed by atoms with E-state index in [1.54, 1.807) is 24.4 Å². The van der Waals surface area contributed by atoms with Gasteiger partial charge < -0.3 is 11.1 Å². The van der Waals surface area contributed by atoms with E-state index in [2.05, 4.69) is 29.0 Å². The van der Waals surface area contributed by atoms with Gasteiger partial charge in [0.25, 0.3) is 0 Å². The van der Waals surface area contributed by atoms with Gasteiger partial charge in [0.2, 0.25) is 5.91 Å². The highest BCUT2D eigenvalue weighted by Gasteiger charge is 2.26. The summed E-state index contributed by atoms with van der Waals surface area (Å²) in [5.41, 5.74) is 8.02. The second kappa shape index (κ2) is 10.5. The molecule has 4 rings (SSSR count). The first-order valence-corrected chi connectivity index (χ1v) is 12.2. The maximum atomic E-state index is 12.9. The van der Waals surface area contributed by atoms with Crippen LogP contribution in [0.5, 0.6) is 0 Å². The standard InChI is InChI=1S/C27H31ClN4O2/c1-17-4-3-5-18(2)32(17)16-26(34)31-23-14-21(13-22(28)15-23)25(33)9-7-19-6-8-24-20(12-19)10-11-30-27(24)29/h6,8,10-15,17-18H,3-5,7,9,16H2,1-2H3,(H2,29,30)(H,31,34)/t17-,18+. The van der Waals surface area contributed by atoms with Crippen LogP contribution in [0.25, 0.3) is 10.8 Å². The summed E-state index contributed by atoms with van der Waals surface area (Å²) in [6, 6.07) is 13.7. The molecule has 2 heterocycles. The van der Waals surface area contributed by atoms with Gasteiger partial charge in [-0.15, -0.1) is 0 Å². The van der Waals surface area contributed by atoms with Crippen LogP contribution in [0.3, 0.4) is 0 Å². The van der Waals surface area contributed by atoms with Crippen LogP contribution in [0.15, 0.2) is 48.7 Å². The summed E-state index contributed by atoms with van der Waals surface area (Å²) in [6.45, 7) is 4.67. The SMILES string of the molecule is C[C@@H]1CCC[C@H](C)N1CC(=O)Nc1cc(Cl)cc(C(=O)CCc2ccc3c(N)nccc3c2)c1. The van der Waals surface area contributed by atoms with Gasteiger partial charge in [-0.25, -0.2) is 4.98 Å². The number of hydrogen-bond acceptors (Lipinski definition) is 5. The Morgan fingerprint density at radius 2 is 1.88 bits per heavy atom. The van der Waals surface area contributed by atoms with Crippen LogP contribution in [0.2, 0.25) is 5.02 Å². The number of aromatic nitrogens is 1. The Morgan fingerprint density at radius 1 is 1.12 bits per heavy atom. The van der Waals surface area contributed by atoms with E-state index in [1.165, 1.54) is 6.42 Å². The number of nitrogens with zero attached hydrogens (tertiary/aromatic N) is 2. The number of anilines is 2. The predicted octanol–water partition coefficient (Wildman–Crippen LogP) is 5.49. The van der Waals surface area contributed by atoms with Crippen LogP contribution in [0.4, 0.5) is 11.5 Å². The molecule has 3 N–H and O–H groups in total.